The van der Waals surface area contributed by atoms with E-state index in [1.54, 1.807) is 11.4 Å². The van der Waals surface area contributed by atoms with Crippen molar-refractivity contribution in [2.75, 3.05) is 13.6 Å². The Labute approximate surface area is 127 Å². The van der Waals surface area contributed by atoms with E-state index in [2.05, 4.69) is 0 Å². The monoisotopic (exact) mass is 311 g/mol. The maximum absolute atomic E-state index is 12.7. The fourth-order valence-corrected chi connectivity index (χ4v) is 4.38. The summed E-state index contributed by atoms with van der Waals surface area (Å²) in [6.45, 7) is 3.45. The summed E-state index contributed by atoms with van der Waals surface area (Å²) in [5.74, 6) is 0. The quantitative estimate of drug-likeness (QED) is 0.900. The smallest absolute Gasteiger partial charge is 0.282 e. The molecular weight excluding hydrogens is 286 g/mol. The van der Waals surface area contributed by atoms with Crippen molar-refractivity contribution in [2.45, 2.75) is 45.3 Å². The minimum absolute atomic E-state index is 0.0848. The van der Waals surface area contributed by atoms with Gasteiger partial charge in [0.1, 0.15) is 0 Å². The van der Waals surface area contributed by atoms with Gasteiger partial charge in [0.2, 0.25) is 0 Å². The lowest BCUT2D eigenvalue weighted by Crippen LogP contribution is -2.48. The van der Waals surface area contributed by atoms with Crippen molar-refractivity contribution in [3.8, 4) is 0 Å². The Bertz CT molecular complexity index is 574. The van der Waals surface area contributed by atoms with Crippen molar-refractivity contribution in [1.82, 2.24) is 8.61 Å². The van der Waals surface area contributed by atoms with E-state index in [9.17, 15) is 8.42 Å². The highest BCUT2D eigenvalue weighted by Crippen LogP contribution is 2.22. The van der Waals surface area contributed by atoms with Crippen LogP contribution in [0.5, 0.6) is 0 Å². The number of benzene rings is 1. The molecule has 1 saturated heterocycles. The second-order valence-corrected chi connectivity index (χ2v) is 7.73. The Morgan fingerprint density at radius 1 is 1.33 bits per heavy atom. The second kappa shape index (κ2) is 6.87. The zero-order valence-electron chi connectivity index (χ0n) is 12.8. The highest BCUT2D eigenvalue weighted by atomic mass is 32.2. The average Bonchev–Trinajstić information content (AvgIpc) is 2.47. The molecule has 6 heteroatoms. The van der Waals surface area contributed by atoms with Crippen molar-refractivity contribution in [3.63, 3.8) is 0 Å². The van der Waals surface area contributed by atoms with Crippen LogP contribution in [0.1, 0.15) is 37.3 Å². The molecule has 1 atom stereocenters. The predicted molar refractivity (Wildman–Crippen MR) is 84.7 cm³/mol. The molecule has 5 nitrogen and oxygen atoms in total. The zero-order chi connectivity index (χ0) is 15.5. The molecule has 1 aliphatic heterocycles. The molecule has 0 amide bonds. The minimum atomic E-state index is -3.39. The van der Waals surface area contributed by atoms with E-state index in [4.69, 9.17) is 5.73 Å². The summed E-state index contributed by atoms with van der Waals surface area (Å²) in [5.41, 5.74) is 7.61. The van der Waals surface area contributed by atoms with E-state index >= 15 is 0 Å². The summed E-state index contributed by atoms with van der Waals surface area (Å²) in [6.07, 6.45) is 2.99. The Morgan fingerprint density at radius 2 is 2.05 bits per heavy atom. The van der Waals surface area contributed by atoms with Crippen molar-refractivity contribution >= 4 is 10.2 Å². The summed E-state index contributed by atoms with van der Waals surface area (Å²) in [5, 5.41) is 0. The maximum Gasteiger partial charge on any atom is 0.282 e. The summed E-state index contributed by atoms with van der Waals surface area (Å²) in [4.78, 5) is 0. The third-order valence-electron chi connectivity index (χ3n) is 4.06. The van der Waals surface area contributed by atoms with Crippen LogP contribution in [0.15, 0.2) is 24.3 Å². The molecule has 1 heterocycles. The SMILES string of the molecule is CC1CCCCN1S(=O)(=O)N(C)Cc1cccc(CN)c1. The molecule has 1 aromatic rings. The maximum atomic E-state index is 12.7. The van der Waals surface area contributed by atoms with Gasteiger partial charge in [-0.3, -0.25) is 0 Å². The van der Waals surface area contributed by atoms with E-state index in [-0.39, 0.29) is 6.04 Å². The number of piperidine rings is 1. The molecule has 118 valence electrons. The molecule has 0 spiro atoms. The van der Waals surface area contributed by atoms with Gasteiger partial charge in [0, 0.05) is 32.7 Å². The van der Waals surface area contributed by atoms with Crippen LogP contribution < -0.4 is 5.73 Å². The van der Waals surface area contributed by atoms with Gasteiger partial charge in [0.05, 0.1) is 0 Å². The van der Waals surface area contributed by atoms with Gasteiger partial charge in [-0.2, -0.15) is 17.0 Å². The standard InChI is InChI=1S/C15H25N3O2S/c1-13-6-3-4-9-18(13)21(19,20)17(2)12-15-8-5-7-14(10-15)11-16/h5,7-8,10,13H,3-4,6,9,11-12,16H2,1-2H3. The highest BCUT2D eigenvalue weighted by molar-refractivity contribution is 7.86. The van der Waals surface area contributed by atoms with Crippen LogP contribution in [0, 0.1) is 0 Å². The van der Waals surface area contributed by atoms with Crippen LogP contribution in [0.2, 0.25) is 0 Å². The molecule has 0 aromatic heterocycles. The van der Waals surface area contributed by atoms with E-state index in [1.165, 1.54) is 4.31 Å². The lowest BCUT2D eigenvalue weighted by Gasteiger charge is -2.35. The third kappa shape index (κ3) is 3.83. The van der Waals surface area contributed by atoms with Gasteiger partial charge in [-0.25, -0.2) is 0 Å². The van der Waals surface area contributed by atoms with Crippen molar-refractivity contribution in [2.24, 2.45) is 5.73 Å². The van der Waals surface area contributed by atoms with Crippen LogP contribution >= 0.6 is 0 Å². The number of hydrogen-bond acceptors (Lipinski definition) is 3. The van der Waals surface area contributed by atoms with Gasteiger partial charge in [0.25, 0.3) is 10.2 Å². The first kappa shape index (κ1) is 16.4. The van der Waals surface area contributed by atoms with Gasteiger partial charge < -0.3 is 5.73 Å². The van der Waals surface area contributed by atoms with E-state index in [0.29, 0.717) is 19.6 Å². The number of hydrogen-bond donors (Lipinski definition) is 1. The summed E-state index contributed by atoms with van der Waals surface area (Å²) < 4.78 is 28.4. The number of nitrogens with two attached hydrogens (primary N) is 1. The second-order valence-electron chi connectivity index (χ2n) is 5.74. The normalized spacial score (nSPS) is 20.9. The third-order valence-corrected chi connectivity index (χ3v) is 6.12. The lowest BCUT2D eigenvalue weighted by atomic mass is 10.1. The fraction of sp³-hybridized carbons (Fsp3) is 0.600. The van der Waals surface area contributed by atoms with E-state index < -0.39 is 10.2 Å². The molecule has 0 radical (unpaired) electrons. The molecule has 1 unspecified atom stereocenters. The number of rotatable bonds is 5. The Balaban J connectivity index is 2.12. The highest BCUT2D eigenvalue weighted by Gasteiger charge is 2.32. The first-order chi connectivity index (χ1) is 9.95. The molecule has 21 heavy (non-hydrogen) atoms. The van der Waals surface area contributed by atoms with Crippen molar-refractivity contribution in [3.05, 3.63) is 35.4 Å². The largest absolute Gasteiger partial charge is 0.326 e. The predicted octanol–water partition coefficient (Wildman–Crippen LogP) is 1.70. The summed E-state index contributed by atoms with van der Waals surface area (Å²) >= 11 is 0. The molecule has 2 N–H and O–H groups in total. The fourth-order valence-electron chi connectivity index (χ4n) is 2.79. The van der Waals surface area contributed by atoms with Crippen LogP contribution in [0.4, 0.5) is 0 Å². The lowest BCUT2D eigenvalue weighted by molar-refractivity contribution is 0.249. The van der Waals surface area contributed by atoms with Crippen LogP contribution in [-0.4, -0.2) is 36.7 Å². The topological polar surface area (TPSA) is 66.6 Å². The van der Waals surface area contributed by atoms with Gasteiger partial charge in [-0.15, -0.1) is 0 Å². The van der Waals surface area contributed by atoms with E-state index in [0.717, 1.165) is 30.4 Å². The number of nitrogens with zero attached hydrogens (tertiary/aromatic N) is 2. The van der Waals surface area contributed by atoms with E-state index in [1.807, 2.05) is 31.2 Å². The zero-order valence-corrected chi connectivity index (χ0v) is 13.6. The molecule has 1 fully saturated rings. The van der Waals surface area contributed by atoms with Crippen LogP contribution in [0.25, 0.3) is 0 Å². The Hall–Kier alpha value is -0.950. The molecule has 0 bridgehead atoms. The first-order valence-electron chi connectivity index (χ1n) is 7.46. The molecule has 0 aliphatic carbocycles. The van der Waals surface area contributed by atoms with Gasteiger partial charge in [0.15, 0.2) is 0 Å². The molecule has 2 rings (SSSR count). The van der Waals surface area contributed by atoms with Gasteiger partial charge >= 0.3 is 0 Å². The Morgan fingerprint density at radius 3 is 2.71 bits per heavy atom. The van der Waals surface area contributed by atoms with Gasteiger partial charge in [-0.1, -0.05) is 30.7 Å². The molecular formula is C15H25N3O2S. The van der Waals surface area contributed by atoms with Crippen LogP contribution in [0.3, 0.4) is 0 Å². The minimum Gasteiger partial charge on any atom is -0.326 e. The summed E-state index contributed by atoms with van der Waals surface area (Å²) in [6, 6.07) is 7.85. The van der Waals surface area contributed by atoms with Gasteiger partial charge in [-0.05, 0) is 30.9 Å². The average molecular weight is 311 g/mol. The molecule has 0 saturated carbocycles. The van der Waals surface area contributed by atoms with Crippen molar-refractivity contribution in [1.29, 1.82) is 0 Å². The summed E-state index contributed by atoms with van der Waals surface area (Å²) in [7, 11) is -1.75. The van der Waals surface area contributed by atoms with Crippen LogP contribution in [-0.2, 0) is 23.3 Å². The molecule has 1 aromatic carbocycles. The van der Waals surface area contributed by atoms with Crippen molar-refractivity contribution < 1.29 is 8.42 Å². The Kier molecular flexibility index (Phi) is 5.37. The molecule has 1 aliphatic rings. The first-order valence-corrected chi connectivity index (χ1v) is 8.86.